The quantitative estimate of drug-likeness (QED) is 0.859. The van der Waals surface area contributed by atoms with Gasteiger partial charge in [-0.25, -0.2) is 4.39 Å². The molecule has 0 aliphatic carbocycles. The van der Waals surface area contributed by atoms with Crippen LogP contribution in [0.2, 0.25) is 0 Å². The van der Waals surface area contributed by atoms with Gasteiger partial charge >= 0.3 is 0 Å². The molecule has 2 rings (SSSR count). The average Bonchev–Trinajstić information content (AvgIpc) is 2.78. The lowest BCUT2D eigenvalue weighted by Gasteiger charge is -2.10. The highest BCUT2D eigenvalue weighted by Crippen LogP contribution is 2.22. The predicted molar refractivity (Wildman–Crippen MR) is 66.4 cm³/mol. The fraction of sp³-hybridized carbons (Fsp3) is 0.462. The molecule has 2 atom stereocenters. The van der Waals surface area contributed by atoms with Gasteiger partial charge in [0, 0.05) is 6.54 Å². The van der Waals surface area contributed by atoms with Crippen molar-refractivity contribution in [2.45, 2.75) is 26.0 Å². The minimum Gasteiger partial charge on any atom is -0.378 e. The van der Waals surface area contributed by atoms with E-state index in [1.165, 1.54) is 12.1 Å². The van der Waals surface area contributed by atoms with Gasteiger partial charge in [0.1, 0.15) is 5.82 Å². The Morgan fingerprint density at radius 1 is 1.61 bits per heavy atom. The summed E-state index contributed by atoms with van der Waals surface area (Å²) < 4.78 is 19.0. The molecule has 0 bridgehead atoms. The van der Waals surface area contributed by atoms with Gasteiger partial charge in [-0.2, -0.15) is 0 Å². The molecule has 1 aromatic rings. The number of nitrogens with one attached hydrogen (secondary N) is 1. The molecule has 1 fully saturated rings. The normalized spacial score (nSPS) is 23.1. The molecule has 1 saturated heterocycles. The molecular weight excluding hydrogens is 235 g/mol. The lowest BCUT2D eigenvalue weighted by molar-refractivity contribution is -0.119. The van der Waals surface area contributed by atoms with Gasteiger partial charge in [0.2, 0.25) is 5.91 Å². The van der Waals surface area contributed by atoms with Crippen molar-refractivity contribution in [2.24, 2.45) is 11.7 Å². The molecule has 2 unspecified atom stereocenters. The number of carbonyl (C=O) groups is 1. The van der Waals surface area contributed by atoms with Crippen molar-refractivity contribution in [3.63, 3.8) is 0 Å². The molecule has 1 amide bonds. The number of halogens is 1. The third kappa shape index (κ3) is 2.86. The number of anilines is 1. The molecule has 0 radical (unpaired) electrons. The zero-order valence-corrected chi connectivity index (χ0v) is 10.3. The molecule has 98 valence electrons. The van der Waals surface area contributed by atoms with Crippen LogP contribution in [-0.4, -0.2) is 18.6 Å². The smallest absolute Gasteiger partial charge is 0.229 e. The number of benzene rings is 1. The van der Waals surface area contributed by atoms with E-state index in [-0.39, 0.29) is 30.2 Å². The third-order valence-corrected chi connectivity index (χ3v) is 3.10. The van der Waals surface area contributed by atoms with Gasteiger partial charge in [-0.1, -0.05) is 6.07 Å². The Morgan fingerprint density at radius 2 is 2.39 bits per heavy atom. The molecule has 1 aliphatic rings. The average molecular weight is 252 g/mol. The van der Waals surface area contributed by atoms with Crippen LogP contribution in [0.25, 0.3) is 0 Å². The second kappa shape index (κ2) is 5.46. The van der Waals surface area contributed by atoms with Crippen LogP contribution in [0.5, 0.6) is 0 Å². The van der Waals surface area contributed by atoms with Gasteiger partial charge in [-0.3, -0.25) is 4.79 Å². The number of ether oxygens (including phenoxy) is 1. The number of amides is 1. The Bertz CT molecular complexity index is 451. The van der Waals surface area contributed by atoms with Crippen LogP contribution >= 0.6 is 0 Å². The van der Waals surface area contributed by atoms with Crippen molar-refractivity contribution in [3.05, 3.63) is 29.6 Å². The molecule has 1 heterocycles. The van der Waals surface area contributed by atoms with E-state index >= 15 is 0 Å². The maximum Gasteiger partial charge on any atom is 0.229 e. The van der Waals surface area contributed by atoms with Crippen molar-refractivity contribution in [2.75, 3.05) is 11.9 Å². The number of hydrogen-bond donors (Lipinski definition) is 2. The molecule has 4 nitrogen and oxygen atoms in total. The van der Waals surface area contributed by atoms with Crippen LogP contribution in [0.4, 0.5) is 10.1 Å². The number of hydrogen-bond acceptors (Lipinski definition) is 3. The summed E-state index contributed by atoms with van der Waals surface area (Å²) in [6, 6.07) is 4.57. The van der Waals surface area contributed by atoms with E-state index in [9.17, 15) is 9.18 Å². The van der Waals surface area contributed by atoms with Crippen molar-refractivity contribution in [3.8, 4) is 0 Å². The van der Waals surface area contributed by atoms with Gasteiger partial charge in [0.15, 0.2) is 0 Å². The second-order valence-electron chi connectivity index (χ2n) is 4.58. The van der Waals surface area contributed by atoms with Crippen molar-refractivity contribution in [1.29, 1.82) is 0 Å². The minimum absolute atomic E-state index is 0.0882. The fourth-order valence-corrected chi connectivity index (χ4v) is 2.02. The van der Waals surface area contributed by atoms with Gasteiger partial charge in [0.25, 0.3) is 0 Å². The standard InChI is InChI=1S/C13H17FN2O2/c1-8-4-10(7-18-8)13(17)16-12-3-2-9(6-15)5-11(12)14/h2-3,5,8,10H,4,6-7,15H2,1H3,(H,16,17). The monoisotopic (exact) mass is 252 g/mol. The molecule has 0 saturated carbocycles. The summed E-state index contributed by atoms with van der Waals surface area (Å²) in [5, 5.41) is 2.59. The SMILES string of the molecule is CC1CC(C(=O)Nc2ccc(CN)cc2F)CO1. The molecule has 18 heavy (non-hydrogen) atoms. The lowest BCUT2D eigenvalue weighted by atomic mass is 10.1. The first-order valence-electron chi connectivity index (χ1n) is 6.01. The first kappa shape index (κ1) is 13.0. The highest BCUT2D eigenvalue weighted by atomic mass is 19.1. The van der Waals surface area contributed by atoms with Crippen molar-refractivity contribution < 1.29 is 13.9 Å². The van der Waals surface area contributed by atoms with Gasteiger partial charge in [-0.05, 0) is 31.0 Å². The second-order valence-corrected chi connectivity index (χ2v) is 4.58. The third-order valence-electron chi connectivity index (χ3n) is 3.10. The van der Waals surface area contributed by atoms with Gasteiger partial charge < -0.3 is 15.8 Å². The molecule has 3 N–H and O–H groups in total. The Morgan fingerprint density at radius 3 is 2.94 bits per heavy atom. The summed E-state index contributed by atoms with van der Waals surface area (Å²) in [7, 11) is 0. The molecule has 1 aliphatic heterocycles. The largest absolute Gasteiger partial charge is 0.378 e. The molecule has 0 aromatic heterocycles. The molecule has 1 aromatic carbocycles. The van der Waals surface area contributed by atoms with Crippen molar-refractivity contribution >= 4 is 11.6 Å². The maximum atomic E-state index is 13.7. The lowest BCUT2D eigenvalue weighted by Crippen LogP contribution is -2.23. The predicted octanol–water partition coefficient (Wildman–Crippen LogP) is 1.65. The first-order valence-corrected chi connectivity index (χ1v) is 6.01. The number of rotatable bonds is 3. The van der Waals surface area contributed by atoms with E-state index < -0.39 is 5.82 Å². The topological polar surface area (TPSA) is 64.4 Å². The number of nitrogens with two attached hydrogens (primary N) is 1. The van der Waals surface area contributed by atoms with E-state index in [1.807, 2.05) is 6.92 Å². The Labute approximate surface area is 105 Å². The van der Waals surface area contributed by atoms with Crippen molar-refractivity contribution in [1.82, 2.24) is 0 Å². The van der Waals surface area contributed by atoms with Crippen LogP contribution in [0, 0.1) is 11.7 Å². The van der Waals surface area contributed by atoms with Gasteiger partial charge in [0.05, 0.1) is 24.3 Å². The maximum absolute atomic E-state index is 13.7. The highest BCUT2D eigenvalue weighted by molar-refractivity contribution is 5.92. The van der Waals surface area contributed by atoms with Crippen LogP contribution in [0.1, 0.15) is 18.9 Å². The summed E-state index contributed by atoms with van der Waals surface area (Å²) in [5.41, 5.74) is 6.30. The molecule has 5 heteroatoms. The minimum atomic E-state index is -0.460. The number of carbonyl (C=O) groups excluding carboxylic acids is 1. The summed E-state index contributed by atoms with van der Waals surface area (Å²) in [5.74, 6) is -0.856. The summed E-state index contributed by atoms with van der Waals surface area (Å²) in [4.78, 5) is 11.9. The summed E-state index contributed by atoms with van der Waals surface area (Å²) in [6.45, 7) is 2.60. The van der Waals surface area contributed by atoms with E-state index in [0.717, 1.165) is 0 Å². The summed E-state index contributed by atoms with van der Waals surface area (Å²) >= 11 is 0. The molecular formula is C13H17FN2O2. The van der Waals surface area contributed by atoms with Crippen LogP contribution in [-0.2, 0) is 16.1 Å². The van der Waals surface area contributed by atoms with Crippen LogP contribution in [0.3, 0.4) is 0 Å². The fourth-order valence-electron chi connectivity index (χ4n) is 2.02. The zero-order chi connectivity index (χ0) is 13.1. The summed E-state index contributed by atoms with van der Waals surface area (Å²) in [6.07, 6.45) is 0.763. The molecule has 0 spiro atoms. The Balaban J connectivity index is 2.03. The van der Waals surface area contributed by atoms with E-state index in [2.05, 4.69) is 5.32 Å². The first-order chi connectivity index (χ1) is 8.60. The van der Waals surface area contributed by atoms with Crippen LogP contribution in [0.15, 0.2) is 18.2 Å². The van der Waals surface area contributed by atoms with Crippen LogP contribution < -0.4 is 11.1 Å². The van der Waals surface area contributed by atoms with Gasteiger partial charge in [-0.15, -0.1) is 0 Å². The zero-order valence-electron chi connectivity index (χ0n) is 10.3. The Hall–Kier alpha value is -1.46. The highest BCUT2D eigenvalue weighted by Gasteiger charge is 2.28. The van der Waals surface area contributed by atoms with E-state index in [1.54, 1.807) is 6.07 Å². The van der Waals surface area contributed by atoms with E-state index in [4.69, 9.17) is 10.5 Å². The Kier molecular flexibility index (Phi) is 3.93. The van der Waals surface area contributed by atoms with E-state index in [0.29, 0.717) is 18.6 Å².